The number of rotatable bonds is 1. The van der Waals surface area contributed by atoms with Crippen LogP contribution in [0.4, 0.5) is 0 Å². The Morgan fingerprint density at radius 1 is 1.50 bits per heavy atom. The lowest BCUT2D eigenvalue weighted by molar-refractivity contribution is 0.687. The summed E-state index contributed by atoms with van der Waals surface area (Å²) in [5.41, 5.74) is 0.416. The second kappa shape index (κ2) is 3.16. The van der Waals surface area contributed by atoms with Gasteiger partial charge in [-0.2, -0.15) is 5.26 Å². The largest absolute Gasteiger partial charge is 0.197 e. The van der Waals surface area contributed by atoms with E-state index in [1.807, 2.05) is 13.8 Å². The molecule has 0 heterocycles. The van der Waals surface area contributed by atoms with Crippen LogP contribution in [0, 0.1) is 17.4 Å². The van der Waals surface area contributed by atoms with Gasteiger partial charge in [0.1, 0.15) is 0 Å². The van der Waals surface area contributed by atoms with Gasteiger partial charge in [-0.05, 0) is 43.7 Å². The molecule has 0 N–H and O–H groups in total. The van der Waals surface area contributed by atoms with Crippen LogP contribution in [0.5, 0.6) is 0 Å². The normalized spacial score (nSPS) is 10.8. The van der Waals surface area contributed by atoms with Gasteiger partial charge in [-0.3, -0.25) is 0 Å². The van der Waals surface area contributed by atoms with E-state index in [0.717, 1.165) is 5.56 Å². The first kappa shape index (κ1) is 9.09. The Hall–Kier alpha value is -1.00. The summed E-state index contributed by atoms with van der Waals surface area (Å²) in [6.07, 6.45) is 0. The lowest BCUT2D eigenvalue weighted by Crippen LogP contribution is -2.13. The second-order valence-electron chi connectivity index (χ2n) is 3.18. The smallest absolute Gasteiger partial charge is 0.0767 e. The van der Waals surface area contributed by atoms with E-state index in [0.29, 0.717) is 5.02 Å². The summed E-state index contributed by atoms with van der Waals surface area (Å²) >= 11 is 5.77. The molecule has 61 valence electrons. The maximum absolute atomic E-state index is 8.83. The molecule has 0 aromatic heterocycles. The summed E-state index contributed by atoms with van der Waals surface area (Å²) in [5, 5.41) is 9.45. The van der Waals surface area contributed by atoms with E-state index in [1.165, 1.54) is 0 Å². The van der Waals surface area contributed by atoms with Crippen molar-refractivity contribution in [1.82, 2.24) is 0 Å². The Labute approximate surface area is 77.6 Å². The van der Waals surface area contributed by atoms with Crippen LogP contribution in [0.2, 0.25) is 5.02 Å². The Balaban J connectivity index is 3.14. The first-order valence-electron chi connectivity index (χ1n) is 3.64. The van der Waals surface area contributed by atoms with Crippen LogP contribution in [-0.4, -0.2) is 0 Å². The number of nitriles is 1. The highest BCUT2D eigenvalue weighted by Gasteiger charge is 2.19. The quantitative estimate of drug-likeness (QED) is 0.649. The highest BCUT2D eigenvalue weighted by atomic mass is 35.5. The van der Waals surface area contributed by atoms with E-state index in [9.17, 15) is 0 Å². The van der Waals surface area contributed by atoms with Gasteiger partial charge < -0.3 is 0 Å². The molecule has 0 saturated heterocycles. The molecule has 0 fully saturated rings. The molecule has 0 atom stereocenters. The van der Waals surface area contributed by atoms with Crippen molar-refractivity contribution in [2.75, 3.05) is 0 Å². The predicted molar refractivity (Wildman–Crippen MR) is 48.9 cm³/mol. The van der Waals surface area contributed by atoms with Gasteiger partial charge >= 0.3 is 0 Å². The molecule has 0 saturated carbocycles. The fourth-order valence-corrected chi connectivity index (χ4v) is 1.05. The molecule has 0 aliphatic heterocycles. The standard InChI is InChI=1S/C10H9ClN/c1-10(2,7-12)8-4-3-5-9(11)6-8/h4-6H,1-2H3. The number of nitrogens with zero attached hydrogens (tertiary/aromatic N) is 1. The lowest BCUT2D eigenvalue weighted by atomic mass is 9.86. The molecule has 0 aliphatic rings. The number of hydrogen-bond donors (Lipinski definition) is 0. The van der Waals surface area contributed by atoms with Gasteiger partial charge in [-0.15, -0.1) is 0 Å². The van der Waals surface area contributed by atoms with Gasteiger partial charge in [0.05, 0.1) is 11.5 Å². The van der Waals surface area contributed by atoms with Gasteiger partial charge in [-0.1, -0.05) is 11.6 Å². The molecule has 0 unspecified atom stereocenters. The zero-order valence-electron chi connectivity index (χ0n) is 7.06. The number of benzene rings is 1. The summed E-state index contributed by atoms with van der Waals surface area (Å²) in [4.78, 5) is 0. The third-order valence-corrected chi connectivity index (χ3v) is 1.97. The van der Waals surface area contributed by atoms with Crippen molar-refractivity contribution in [2.45, 2.75) is 19.3 Å². The molecule has 0 amide bonds. The van der Waals surface area contributed by atoms with Gasteiger partial charge in [0.15, 0.2) is 0 Å². The molecule has 1 aromatic rings. The Bertz CT molecular complexity index is 323. The predicted octanol–water partition coefficient (Wildman–Crippen LogP) is 2.94. The number of hydrogen-bond acceptors (Lipinski definition) is 1. The molecule has 1 radical (unpaired) electrons. The molecule has 1 nitrogen and oxygen atoms in total. The Morgan fingerprint density at radius 3 is 2.67 bits per heavy atom. The van der Waals surface area contributed by atoms with Crippen LogP contribution < -0.4 is 0 Å². The van der Waals surface area contributed by atoms with Crippen molar-refractivity contribution >= 4 is 11.6 Å². The van der Waals surface area contributed by atoms with Crippen LogP contribution in [0.25, 0.3) is 0 Å². The molecule has 1 rings (SSSR count). The van der Waals surface area contributed by atoms with Crippen molar-refractivity contribution < 1.29 is 0 Å². The summed E-state index contributed by atoms with van der Waals surface area (Å²) in [7, 11) is 0. The zero-order valence-corrected chi connectivity index (χ0v) is 7.81. The maximum Gasteiger partial charge on any atom is 0.0767 e. The van der Waals surface area contributed by atoms with E-state index in [-0.39, 0.29) is 0 Å². The van der Waals surface area contributed by atoms with E-state index in [2.05, 4.69) is 12.1 Å². The first-order chi connectivity index (χ1) is 5.56. The third-order valence-electron chi connectivity index (χ3n) is 1.75. The second-order valence-corrected chi connectivity index (χ2v) is 3.61. The van der Waals surface area contributed by atoms with Crippen molar-refractivity contribution in [3.63, 3.8) is 0 Å². The Morgan fingerprint density at radius 2 is 2.17 bits per heavy atom. The van der Waals surface area contributed by atoms with Crippen molar-refractivity contribution in [1.29, 1.82) is 5.26 Å². The van der Waals surface area contributed by atoms with Crippen molar-refractivity contribution in [3.05, 3.63) is 34.9 Å². The summed E-state index contributed by atoms with van der Waals surface area (Å²) < 4.78 is 0. The van der Waals surface area contributed by atoms with Crippen molar-refractivity contribution in [2.24, 2.45) is 0 Å². The molecule has 1 aromatic carbocycles. The van der Waals surface area contributed by atoms with E-state index in [1.54, 1.807) is 18.2 Å². The van der Waals surface area contributed by atoms with Gasteiger partial charge in [-0.25, -0.2) is 0 Å². The van der Waals surface area contributed by atoms with Crippen LogP contribution in [-0.2, 0) is 5.41 Å². The zero-order chi connectivity index (χ0) is 9.19. The van der Waals surface area contributed by atoms with E-state index >= 15 is 0 Å². The molecule has 12 heavy (non-hydrogen) atoms. The summed E-state index contributed by atoms with van der Waals surface area (Å²) in [5.74, 6) is 0. The lowest BCUT2D eigenvalue weighted by Gasteiger charge is -2.15. The molecule has 2 heteroatoms. The molecule has 0 aliphatic carbocycles. The molecule has 0 bridgehead atoms. The van der Waals surface area contributed by atoms with Crippen LogP contribution >= 0.6 is 11.6 Å². The van der Waals surface area contributed by atoms with E-state index < -0.39 is 5.41 Å². The van der Waals surface area contributed by atoms with Gasteiger partial charge in [0.25, 0.3) is 0 Å². The molecular weight excluding hydrogens is 170 g/mol. The fraction of sp³-hybridized carbons (Fsp3) is 0.300. The number of halogens is 1. The average Bonchev–Trinajstić information content (AvgIpc) is 2.05. The maximum atomic E-state index is 8.83. The minimum Gasteiger partial charge on any atom is -0.197 e. The SMILES string of the molecule is CC(C)(C#N)c1c[c]cc(Cl)c1. The summed E-state index contributed by atoms with van der Waals surface area (Å²) in [6.45, 7) is 3.71. The van der Waals surface area contributed by atoms with Crippen LogP contribution in [0.15, 0.2) is 18.2 Å². The third kappa shape index (κ3) is 1.78. The molecular formula is C10H9ClN. The summed E-state index contributed by atoms with van der Waals surface area (Å²) in [6, 6.07) is 10.4. The highest BCUT2D eigenvalue weighted by molar-refractivity contribution is 6.30. The topological polar surface area (TPSA) is 23.8 Å². The first-order valence-corrected chi connectivity index (χ1v) is 4.02. The van der Waals surface area contributed by atoms with Gasteiger partial charge in [0.2, 0.25) is 0 Å². The van der Waals surface area contributed by atoms with Gasteiger partial charge in [0, 0.05) is 5.02 Å². The minimum atomic E-state index is -0.485. The van der Waals surface area contributed by atoms with Crippen LogP contribution in [0.3, 0.4) is 0 Å². The Kier molecular flexibility index (Phi) is 2.40. The fourth-order valence-electron chi connectivity index (χ4n) is 0.868. The molecule has 0 spiro atoms. The average molecular weight is 179 g/mol. The highest BCUT2D eigenvalue weighted by Crippen LogP contribution is 2.23. The monoisotopic (exact) mass is 178 g/mol. The van der Waals surface area contributed by atoms with E-state index in [4.69, 9.17) is 16.9 Å². The minimum absolute atomic E-state index is 0.485. The van der Waals surface area contributed by atoms with Crippen molar-refractivity contribution in [3.8, 4) is 6.07 Å². The van der Waals surface area contributed by atoms with Crippen LogP contribution in [0.1, 0.15) is 19.4 Å².